The largest absolute Gasteiger partial charge is 0.431 e. The quantitative estimate of drug-likeness (QED) is 0.631. The minimum absolute atomic E-state index is 0.126. The molecule has 0 N–H and O–H groups in total. The van der Waals surface area contributed by atoms with Crippen molar-refractivity contribution in [2.24, 2.45) is 0 Å². The van der Waals surface area contributed by atoms with Crippen molar-refractivity contribution < 1.29 is 4.42 Å². The first-order valence-electron chi connectivity index (χ1n) is 7.75. The third-order valence-corrected chi connectivity index (χ3v) is 4.25. The van der Waals surface area contributed by atoms with E-state index in [1.54, 1.807) is 24.3 Å². The van der Waals surface area contributed by atoms with Crippen LogP contribution in [0.1, 0.15) is 11.1 Å². The molecular weight excluding hydrogens is 300 g/mol. The molecule has 0 amide bonds. The number of hydrogen-bond acceptors (Lipinski definition) is 3. The molecule has 0 bridgehead atoms. The van der Waals surface area contributed by atoms with Crippen LogP contribution in [0.4, 0.5) is 0 Å². The lowest BCUT2D eigenvalue weighted by molar-refractivity contribution is 0.515. The van der Waals surface area contributed by atoms with Crippen LogP contribution < -0.4 is 11.1 Å². The molecule has 0 atom stereocenters. The van der Waals surface area contributed by atoms with E-state index in [0.29, 0.717) is 11.1 Å². The van der Waals surface area contributed by atoms with E-state index in [1.807, 2.05) is 18.2 Å². The molecule has 3 heteroatoms. The topological polar surface area (TPSA) is 47.3 Å². The maximum absolute atomic E-state index is 12.6. The van der Waals surface area contributed by atoms with E-state index in [2.05, 4.69) is 12.2 Å². The van der Waals surface area contributed by atoms with E-state index in [9.17, 15) is 9.59 Å². The summed E-state index contributed by atoms with van der Waals surface area (Å²) in [6.07, 6.45) is 6.36. The van der Waals surface area contributed by atoms with Crippen LogP contribution in [-0.4, -0.2) is 0 Å². The monoisotopic (exact) mass is 314 g/mol. The van der Waals surface area contributed by atoms with Gasteiger partial charge in [-0.3, -0.25) is 4.79 Å². The van der Waals surface area contributed by atoms with Gasteiger partial charge in [-0.25, -0.2) is 4.79 Å². The molecule has 0 fully saturated rings. The fourth-order valence-corrected chi connectivity index (χ4v) is 3.16. The molecule has 116 valence electrons. The molecule has 0 saturated carbocycles. The molecule has 0 aromatic heterocycles. The Bertz CT molecular complexity index is 1120. The van der Waals surface area contributed by atoms with Crippen LogP contribution in [0.5, 0.6) is 0 Å². The highest BCUT2D eigenvalue weighted by Gasteiger charge is 2.17. The zero-order valence-electron chi connectivity index (χ0n) is 12.9. The summed E-state index contributed by atoms with van der Waals surface area (Å²) in [5.74, 6) is 0. The van der Waals surface area contributed by atoms with Gasteiger partial charge in [0.05, 0.1) is 6.26 Å². The van der Waals surface area contributed by atoms with E-state index in [0.717, 1.165) is 17.2 Å². The normalized spacial score (nSPS) is 12.2. The van der Waals surface area contributed by atoms with Gasteiger partial charge in [-0.1, -0.05) is 42.5 Å². The summed E-state index contributed by atoms with van der Waals surface area (Å²) in [5, 5.41) is 1.93. The van der Waals surface area contributed by atoms with Crippen molar-refractivity contribution in [2.75, 3.05) is 0 Å². The predicted octanol–water partition coefficient (Wildman–Crippen LogP) is 3.95. The Morgan fingerprint density at radius 1 is 0.833 bits per heavy atom. The third kappa shape index (κ3) is 2.40. The van der Waals surface area contributed by atoms with Gasteiger partial charge >= 0.3 is 5.63 Å². The maximum Gasteiger partial charge on any atom is 0.336 e. The molecule has 2 aliphatic carbocycles. The number of hydrogen-bond donors (Lipinski definition) is 0. The van der Waals surface area contributed by atoms with Gasteiger partial charge in [0, 0.05) is 17.2 Å². The number of benzene rings is 1. The first kappa shape index (κ1) is 14.4. The number of rotatable bonds is 0. The first-order chi connectivity index (χ1) is 11.7. The average molecular weight is 314 g/mol. The van der Waals surface area contributed by atoms with Gasteiger partial charge < -0.3 is 4.42 Å². The maximum atomic E-state index is 12.6. The minimum atomic E-state index is -0.496. The van der Waals surface area contributed by atoms with Crippen molar-refractivity contribution in [2.45, 2.75) is 6.42 Å². The molecule has 0 radical (unpaired) electrons. The molecule has 0 spiro atoms. The van der Waals surface area contributed by atoms with Gasteiger partial charge in [0.25, 0.3) is 0 Å². The van der Waals surface area contributed by atoms with Gasteiger partial charge in [0.1, 0.15) is 0 Å². The molecule has 0 saturated heterocycles. The van der Waals surface area contributed by atoms with Gasteiger partial charge in [0.2, 0.25) is 0 Å². The molecule has 0 unspecified atom stereocenters. The van der Waals surface area contributed by atoms with Crippen LogP contribution in [0.2, 0.25) is 0 Å². The fourth-order valence-electron chi connectivity index (χ4n) is 3.16. The molecule has 24 heavy (non-hydrogen) atoms. The highest BCUT2D eigenvalue weighted by Crippen LogP contribution is 2.36. The zero-order chi connectivity index (χ0) is 16.5. The summed E-state index contributed by atoms with van der Waals surface area (Å²) in [6.45, 7) is 0. The summed E-state index contributed by atoms with van der Waals surface area (Å²) < 4.78 is 5.04. The van der Waals surface area contributed by atoms with Crippen molar-refractivity contribution >= 4 is 16.8 Å². The summed E-state index contributed by atoms with van der Waals surface area (Å²) in [5.41, 5.74) is 2.89. The zero-order valence-corrected chi connectivity index (χ0v) is 12.9. The lowest BCUT2D eigenvalue weighted by atomic mass is 10.0. The van der Waals surface area contributed by atoms with E-state index < -0.39 is 5.63 Å². The summed E-state index contributed by atoms with van der Waals surface area (Å²) in [6, 6.07) is 15.5. The smallest absolute Gasteiger partial charge is 0.336 e. The van der Waals surface area contributed by atoms with Gasteiger partial charge in [-0.15, -0.1) is 0 Å². The minimum Gasteiger partial charge on any atom is -0.431 e. The Hall–Kier alpha value is -3.20. The van der Waals surface area contributed by atoms with Crippen molar-refractivity contribution in [1.82, 2.24) is 0 Å². The fraction of sp³-hybridized carbons (Fsp3) is 0.0476. The molecule has 1 aromatic rings. The second-order valence-corrected chi connectivity index (χ2v) is 5.69. The molecule has 1 aliphatic heterocycles. The van der Waals surface area contributed by atoms with Crippen LogP contribution in [0, 0.1) is 0 Å². The number of allylic oxidation sites excluding steroid dienone is 1. The summed E-state index contributed by atoms with van der Waals surface area (Å²) >= 11 is 0. The van der Waals surface area contributed by atoms with Gasteiger partial charge in [-0.05, 0) is 46.5 Å². The van der Waals surface area contributed by atoms with Crippen LogP contribution in [0.15, 0.2) is 80.9 Å². The highest BCUT2D eigenvalue weighted by molar-refractivity contribution is 6.05. The SMILES string of the molecule is O=c1cc2c3ccc4c(c3cc-2c(=O)cccccco1)CC=C4. The van der Waals surface area contributed by atoms with Crippen molar-refractivity contribution in [3.05, 3.63) is 98.7 Å². The van der Waals surface area contributed by atoms with Crippen molar-refractivity contribution in [3.63, 3.8) is 0 Å². The molecule has 1 heterocycles. The molecule has 4 rings (SSSR count). The number of fused-ring (bicyclic) bond motifs is 5. The van der Waals surface area contributed by atoms with E-state index >= 15 is 0 Å². The summed E-state index contributed by atoms with van der Waals surface area (Å²) in [7, 11) is 0. The molecular formula is C21H14O3. The Morgan fingerprint density at radius 3 is 2.62 bits per heavy atom. The third-order valence-electron chi connectivity index (χ3n) is 4.25. The average Bonchev–Trinajstić information content (AvgIpc) is 3.17. The van der Waals surface area contributed by atoms with Crippen LogP contribution in [0.3, 0.4) is 0 Å². The first-order valence-corrected chi connectivity index (χ1v) is 7.75. The molecule has 3 aliphatic rings. The van der Waals surface area contributed by atoms with Gasteiger partial charge in [0.15, 0.2) is 5.43 Å². The van der Waals surface area contributed by atoms with E-state index in [-0.39, 0.29) is 5.43 Å². The van der Waals surface area contributed by atoms with Crippen LogP contribution >= 0.6 is 0 Å². The van der Waals surface area contributed by atoms with Crippen molar-refractivity contribution in [1.29, 1.82) is 0 Å². The van der Waals surface area contributed by atoms with Crippen molar-refractivity contribution in [3.8, 4) is 11.1 Å². The second kappa shape index (κ2) is 5.78. The van der Waals surface area contributed by atoms with Crippen LogP contribution in [0.25, 0.3) is 28.0 Å². The predicted molar refractivity (Wildman–Crippen MR) is 95.7 cm³/mol. The lowest BCUT2D eigenvalue weighted by Crippen LogP contribution is -2.00. The Balaban J connectivity index is 2.18. The van der Waals surface area contributed by atoms with E-state index in [1.165, 1.54) is 29.5 Å². The molecule has 3 nitrogen and oxygen atoms in total. The van der Waals surface area contributed by atoms with Crippen LogP contribution in [-0.2, 0) is 6.42 Å². The standard InChI is InChI=1S/C21H14O3/c22-20-8-3-1-2-4-11-24-21(23)13-18-16-10-9-14-6-5-7-15(14)17(16)12-19(18)20/h1-6,8-13H,7H2. The molecule has 1 aromatic carbocycles. The Morgan fingerprint density at radius 2 is 1.71 bits per heavy atom. The second-order valence-electron chi connectivity index (χ2n) is 5.69. The van der Waals surface area contributed by atoms with E-state index in [4.69, 9.17) is 4.42 Å². The highest BCUT2D eigenvalue weighted by atomic mass is 16.4. The van der Waals surface area contributed by atoms with Gasteiger partial charge in [-0.2, -0.15) is 0 Å². The Kier molecular flexibility index (Phi) is 3.47. The Labute approximate surface area is 138 Å². The lowest BCUT2D eigenvalue weighted by Gasteiger charge is -2.00. The summed E-state index contributed by atoms with van der Waals surface area (Å²) in [4.78, 5) is 24.6.